The summed E-state index contributed by atoms with van der Waals surface area (Å²) in [6, 6.07) is 6.02. The number of nitrogens with one attached hydrogen (secondary N) is 1. The first-order chi connectivity index (χ1) is 11.8. The van der Waals surface area contributed by atoms with Crippen LogP contribution in [0, 0.1) is 5.92 Å². The van der Waals surface area contributed by atoms with Gasteiger partial charge in [-0.25, -0.2) is 4.98 Å². The van der Waals surface area contributed by atoms with Crippen molar-refractivity contribution in [1.82, 2.24) is 10.3 Å². The molecule has 126 valence electrons. The first kappa shape index (κ1) is 15.4. The monoisotopic (exact) mass is 344 g/mol. The highest BCUT2D eigenvalue weighted by Gasteiger charge is 2.44. The van der Waals surface area contributed by atoms with E-state index in [2.05, 4.69) is 17.2 Å². The summed E-state index contributed by atoms with van der Waals surface area (Å²) in [5.41, 5.74) is 1.15. The van der Waals surface area contributed by atoms with E-state index < -0.39 is 0 Å². The van der Waals surface area contributed by atoms with Gasteiger partial charge < -0.3 is 14.8 Å². The number of thiazole rings is 1. The first-order valence-electron chi connectivity index (χ1n) is 8.35. The maximum absolute atomic E-state index is 12.6. The molecule has 1 aliphatic carbocycles. The van der Waals surface area contributed by atoms with Gasteiger partial charge in [0, 0.05) is 17.5 Å². The molecule has 1 aromatic heterocycles. The molecule has 5 nitrogen and oxygen atoms in total. The molecule has 1 saturated carbocycles. The summed E-state index contributed by atoms with van der Waals surface area (Å²) in [6.07, 6.45) is 3.52. The van der Waals surface area contributed by atoms with Crippen molar-refractivity contribution >= 4 is 17.2 Å². The number of hydrogen-bond acceptors (Lipinski definition) is 5. The van der Waals surface area contributed by atoms with Crippen LogP contribution in [0.3, 0.4) is 0 Å². The number of carbonyl (C=O) groups is 1. The van der Waals surface area contributed by atoms with Gasteiger partial charge in [-0.3, -0.25) is 4.79 Å². The van der Waals surface area contributed by atoms with Crippen molar-refractivity contribution in [3.05, 3.63) is 40.3 Å². The zero-order chi connectivity index (χ0) is 16.5. The Kier molecular flexibility index (Phi) is 4.14. The van der Waals surface area contributed by atoms with Crippen molar-refractivity contribution in [3.63, 3.8) is 0 Å². The van der Waals surface area contributed by atoms with Crippen molar-refractivity contribution in [1.29, 1.82) is 0 Å². The lowest BCUT2D eigenvalue weighted by molar-refractivity contribution is -0.123. The fourth-order valence-electron chi connectivity index (χ4n) is 3.17. The first-order valence-corrected chi connectivity index (χ1v) is 9.23. The molecule has 2 aliphatic rings. The van der Waals surface area contributed by atoms with E-state index in [1.165, 1.54) is 0 Å². The molecule has 1 aromatic carbocycles. The molecular formula is C18H20N2O3S. The number of aromatic nitrogens is 1. The van der Waals surface area contributed by atoms with E-state index in [4.69, 9.17) is 9.47 Å². The van der Waals surface area contributed by atoms with Gasteiger partial charge in [-0.05, 0) is 36.5 Å². The number of carbonyl (C=O) groups excluding carboxylic acids is 1. The molecule has 6 heteroatoms. The van der Waals surface area contributed by atoms with Crippen LogP contribution in [-0.2, 0) is 4.79 Å². The molecule has 4 rings (SSSR count). The van der Waals surface area contributed by atoms with Gasteiger partial charge in [-0.2, -0.15) is 0 Å². The van der Waals surface area contributed by atoms with Crippen LogP contribution >= 0.6 is 11.3 Å². The van der Waals surface area contributed by atoms with Gasteiger partial charge in [0.1, 0.15) is 18.2 Å². The van der Waals surface area contributed by atoms with Gasteiger partial charge in [0.05, 0.1) is 6.04 Å². The zero-order valence-electron chi connectivity index (χ0n) is 13.5. The summed E-state index contributed by atoms with van der Waals surface area (Å²) < 4.78 is 11.2. The minimum absolute atomic E-state index is 0.0130. The Bertz CT molecular complexity index is 732. The third-order valence-corrected chi connectivity index (χ3v) is 5.49. The second-order valence-corrected chi connectivity index (χ2v) is 7.12. The van der Waals surface area contributed by atoms with Gasteiger partial charge in [0.25, 0.3) is 0 Å². The quantitative estimate of drug-likeness (QED) is 0.904. The van der Waals surface area contributed by atoms with Crippen molar-refractivity contribution < 1.29 is 14.3 Å². The molecule has 3 atom stereocenters. The van der Waals surface area contributed by atoms with Crippen LogP contribution < -0.4 is 14.8 Å². The lowest BCUT2D eigenvalue weighted by Crippen LogP contribution is -2.29. The summed E-state index contributed by atoms with van der Waals surface area (Å²) in [6.45, 7) is 3.24. The number of ether oxygens (including phenoxy) is 2. The fourth-order valence-corrected chi connectivity index (χ4v) is 3.94. The Balaban J connectivity index is 1.41. The Morgan fingerprint density at radius 1 is 1.38 bits per heavy atom. The molecule has 1 aliphatic heterocycles. The van der Waals surface area contributed by atoms with Crippen LogP contribution in [0.1, 0.15) is 42.3 Å². The number of hydrogen-bond donors (Lipinski definition) is 1. The number of nitrogens with zero attached hydrogens (tertiary/aromatic N) is 1. The molecule has 1 fully saturated rings. The number of amides is 1. The van der Waals surface area contributed by atoms with Crippen molar-refractivity contribution in [2.75, 3.05) is 13.2 Å². The van der Waals surface area contributed by atoms with Crippen LogP contribution in [-0.4, -0.2) is 24.1 Å². The van der Waals surface area contributed by atoms with Crippen molar-refractivity contribution in [3.8, 4) is 11.5 Å². The largest absolute Gasteiger partial charge is 0.486 e. The third kappa shape index (κ3) is 2.98. The summed E-state index contributed by atoms with van der Waals surface area (Å²) in [5, 5.41) is 6.06. The van der Waals surface area contributed by atoms with Gasteiger partial charge in [-0.15, -0.1) is 11.3 Å². The lowest BCUT2D eigenvalue weighted by atomic mass is 10.1. The Labute approximate surface area is 145 Å². The second kappa shape index (κ2) is 6.43. The standard InChI is InChI=1S/C18H20N2O3S/c1-2-14(18-19-5-8-24-18)20-17(21)13-10-12(13)11-3-4-15-16(9-11)23-7-6-22-15/h3-5,8-9,12-14H,2,6-7,10H2,1H3,(H,20,21)/t12-,13+,14-/m0/s1. The molecular weight excluding hydrogens is 324 g/mol. The van der Waals surface area contributed by atoms with Crippen molar-refractivity contribution in [2.24, 2.45) is 5.92 Å². The average Bonchev–Trinajstić information content (AvgIpc) is 3.25. The molecule has 0 unspecified atom stereocenters. The summed E-state index contributed by atoms with van der Waals surface area (Å²) in [4.78, 5) is 16.9. The van der Waals surface area contributed by atoms with E-state index >= 15 is 0 Å². The molecule has 0 spiro atoms. The molecule has 2 aromatic rings. The van der Waals surface area contributed by atoms with E-state index in [-0.39, 0.29) is 23.8 Å². The fraction of sp³-hybridized carbons (Fsp3) is 0.444. The number of benzene rings is 1. The maximum Gasteiger partial charge on any atom is 0.224 e. The second-order valence-electron chi connectivity index (χ2n) is 6.19. The Hall–Kier alpha value is -2.08. The van der Waals surface area contributed by atoms with Crippen LogP contribution in [0.25, 0.3) is 0 Å². The zero-order valence-corrected chi connectivity index (χ0v) is 14.3. The summed E-state index contributed by atoms with van der Waals surface area (Å²) >= 11 is 1.59. The van der Waals surface area contributed by atoms with Gasteiger partial charge >= 0.3 is 0 Å². The maximum atomic E-state index is 12.6. The van der Waals surface area contributed by atoms with Crippen LogP contribution in [0.5, 0.6) is 11.5 Å². The van der Waals surface area contributed by atoms with E-state index in [9.17, 15) is 4.79 Å². The van der Waals surface area contributed by atoms with E-state index in [1.807, 2.05) is 23.6 Å². The molecule has 0 bridgehead atoms. The molecule has 0 radical (unpaired) electrons. The van der Waals surface area contributed by atoms with Crippen molar-refractivity contribution in [2.45, 2.75) is 31.7 Å². The van der Waals surface area contributed by atoms with E-state index in [1.54, 1.807) is 17.5 Å². The highest BCUT2D eigenvalue weighted by atomic mass is 32.1. The molecule has 2 heterocycles. The third-order valence-electron chi connectivity index (χ3n) is 4.60. The normalized spacial score (nSPS) is 22.7. The predicted molar refractivity (Wildman–Crippen MR) is 91.6 cm³/mol. The van der Waals surface area contributed by atoms with E-state index in [0.29, 0.717) is 13.2 Å². The summed E-state index contributed by atoms with van der Waals surface area (Å²) in [5.74, 6) is 2.02. The van der Waals surface area contributed by atoms with Gasteiger partial charge in [0.2, 0.25) is 5.91 Å². The minimum atomic E-state index is 0.0130. The smallest absolute Gasteiger partial charge is 0.224 e. The van der Waals surface area contributed by atoms with Crippen LogP contribution in [0.4, 0.5) is 0 Å². The lowest BCUT2D eigenvalue weighted by Gasteiger charge is -2.19. The molecule has 0 saturated heterocycles. The number of rotatable bonds is 5. The van der Waals surface area contributed by atoms with E-state index in [0.717, 1.165) is 34.9 Å². The Morgan fingerprint density at radius 3 is 2.96 bits per heavy atom. The molecule has 24 heavy (non-hydrogen) atoms. The number of fused-ring (bicyclic) bond motifs is 1. The molecule has 1 N–H and O–H groups in total. The average molecular weight is 344 g/mol. The van der Waals surface area contributed by atoms with Crippen LogP contribution in [0.15, 0.2) is 29.8 Å². The topological polar surface area (TPSA) is 60.5 Å². The van der Waals surface area contributed by atoms with Gasteiger partial charge in [-0.1, -0.05) is 13.0 Å². The highest BCUT2D eigenvalue weighted by Crippen LogP contribution is 2.49. The minimum Gasteiger partial charge on any atom is -0.486 e. The SMILES string of the molecule is CC[C@H](NC(=O)[C@@H]1C[C@H]1c1ccc2c(c1)OCCO2)c1nccs1. The van der Waals surface area contributed by atoms with Gasteiger partial charge in [0.15, 0.2) is 11.5 Å². The summed E-state index contributed by atoms with van der Waals surface area (Å²) in [7, 11) is 0. The predicted octanol–water partition coefficient (Wildman–Crippen LogP) is 3.29. The molecule has 1 amide bonds. The van der Waals surface area contributed by atoms with Crippen LogP contribution in [0.2, 0.25) is 0 Å². The Morgan fingerprint density at radius 2 is 2.21 bits per heavy atom. The highest BCUT2D eigenvalue weighted by molar-refractivity contribution is 7.09.